The Hall–Kier alpha value is -2.86. The SMILES string of the molecule is CCCCNC(=S)N(Cc1ccccc1)Cc1cc2cc(OC)ccc2[nH]c1=O. The Morgan fingerprint density at radius 3 is 2.66 bits per heavy atom. The first-order valence-corrected chi connectivity index (χ1v) is 10.3. The van der Waals surface area contributed by atoms with Gasteiger partial charge < -0.3 is 19.9 Å². The molecule has 0 aliphatic rings. The predicted octanol–water partition coefficient (Wildman–Crippen LogP) is 4.21. The lowest BCUT2D eigenvalue weighted by atomic mass is 10.1. The largest absolute Gasteiger partial charge is 0.497 e. The van der Waals surface area contributed by atoms with Crippen molar-refractivity contribution in [3.05, 3.63) is 76.1 Å². The van der Waals surface area contributed by atoms with Gasteiger partial charge in [0, 0.05) is 29.6 Å². The van der Waals surface area contributed by atoms with Crippen LogP contribution in [0.3, 0.4) is 0 Å². The molecule has 2 aromatic carbocycles. The van der Waals surface area contributed by atoms with E-state index >= 15 is 0 Å². The number of aromatic amines is 1. The van der Waals surface area contributed by atoms with Crippen LogP contribution in [0, 0.1) is 0 Å². The average Bonchev–Trinajstić information content (AvgIpc) is 2.74. The minimum Gasteiger partial charge on any atom is -0.497 e. The normalized spacial score (nSPS) is 10.7. The van der Waals surface area contributed by atoms with E-state index in [2.05, 4.69) is 29.4 Å². The Labute approximate surface area is 176 Å². The van der Waals surface area contributed by atoms with Gasteiger partial charge in [-0.15, -0.1) is 0 Å². The smallest absolute Gasteiger partial charge is 0.253 e. The van der Waals surface area contributed by atoms with E-state index in [-0.39, 0.29) is 5.56 Å². The van der Waals surface area contributed by atoms with Gasteiger partial charge in [-0.25, -0.2) is 0 Å². The molecular formula is C23H27N3O2S. The lowest BCUT2D eigenvalue weighted by molar-refractivity contribution is 0.397. The number of ether oxygens (including phenoxy) is 1. The third kappa shape index (κ3) is 5.57. The number of nitrogens with one attached hydrogen (secondary N) is 2. The van der Waals surface area contributed by atoms with Crippen molar-refractivity contribution in [2.45, 2.75) is 32.9 Å². The van der Waals surface area contributed by atoms with Gasteiger partial charge in [0.1, 0.15) is 5.75 Å². The van der Waals surface area contributed by atoms with Gasteiger partial charge in [-0.3, -0.25) is 4.79 Å². The van der Waals surface area contributed by atoms with Gasteiger partial charge in [0.25, 0.3) is 5.56 Å². The quantitative estimate of drug-likeness (QED) is 0.431. The van der Waals surface area contributed by atoms with Gasteiger partial charge in [0.2, 0.25) is 0 Å². The highest BCUT2D eigenvalue weighted by atomic mass is 32.1. The summed E-state index contributed by atoms with van der Waals surface area (Å²) in [4.78, 5) is 17.7. The zero-order chi connectivity index (χ0) is 20.6. The van der Waals surface area contributed by atoms with Crippen LogP contribution in [0.1, 0.15) is 30.9 Å². The highest BCUT2D eigenvalue weighted by Crippen LogP contribution is 2.19. The van der Waals surface area contributed by atoms with Crippen LogP contribution in [0.2, 0.25) is 0 Å². The summed E-state index contributed by atoms with van der Waals surface area (Å²) in [6, 6.07) is 17.7. The van der Waals surface area contributed by atoms with E-state index < -0.39 is 0 Å². The fraction of sp³-hybridized carbons (Fsp3) is 0.304. The third-order valence-corrected chi connectivity index (χ3v) is 5.20. The van der Waals surface area contributed by atoms with E-state index in [9.17, 15) is 4.79 Å². The van der Waals surface area contributed by atoms with Crippen LogP contribution in [0.25, 0.3) is 10.9 Å². The maximum Gasteiger partial charge on any atom is 0.253 e. The number of pyridine rings is 1. The number of fused-ring (bicyclic) bond motifs is 1. The second-order valence-corrected chi connectivity index (χ2v) is 7.39. The maximum atomic E-state index is 12.7. The average molecular weight is 410 g/mol. The lowest BCUT2D eigenvalue weighted by Crippen LogP contribution is -2.40. The fourth-order valence-electron chi connectivity index (χ4n) is 3.17. The molecule has 29 heavy (non-hydrogen) atoms. The van der Waals surface area contributed by atoms with Crippen molar-refractivity contribution in [3.8, 4) is 5.75 Å². The van der Waals surface area contributed by atoms with E-state index in [1.807, 2.05) is 47.4 Å². The molecular weight excluding hydrogens is 382 g/mol. The molecule has 0 aliphatic heterocycles. The van der Waals surface area contributed by atoms with Crippen LogP contribution < -0.4 is 15.6 Å². The van der Waals surface area contributed by atoms with E-state index in [0.29, 0.717) is 23.8 Å². The molecule has 0 radical (unpaired) electrons. The van der Waals surface area contributed by atoms with E-state index in [0.717, 1.165) is 41.6 Å². The van der Waals surface area contributed by atoms with E-state index in [4.69, 9.17) is 17.0 Å². The summed E-state index contributed by atoms with van der Waals surface area (Å²) in [5.41, 5.74) is 2.50. The minimum absolute atomic E-state index is 0.0999. The minimum atomic E-state index is -0.0999. The van der Waals surface area contributed by atoms with Crippen molar-refractivity contribution in [2.24, 2.45) is 0 Å². The molecule has 0 saturated carbocycles. The summed E-state index contributed by atoms with van der Waals surface area (Å²) in [6.07, 6.45) is 2.15. The standard InChI is InChI=1S/C23H27N3O2S/c1-3-4-12-24-23(29)26(15-17-8-6-5-7-9-17)16-19-13-18-14-20(28-2)10-11-21(18)25-22(19)27/h5-11,13-14H,3-4,12,15-16H2,1-2H3,(H,24,29)(H,25,27). The Morgan fingerprint density at radius 2 is 1.93 bits per heavy atom. The summed E-state index contributed by atoms with van der Waals surface area (Å²) >= 11 is 5.65. The van der Waals surface area contributed by atoms with E-state index in [1.165, 1.54) is 0 Å². The van der Waals surface area contributed by atoms with Gasteiger partial charge in [-0.05, 0) is 48.5 Å². The fourth-order valence-corrected chi connectivity index (χ4v) is 3.40. The first-order chi connectivity index (χ1) is 14.1. The molecule has 0 bridgehead atoms. The zero-order valence-corrected chi connectivity index (χ0v) is 17.7. The number of hydrogen-bond acceptors (Lipinski definition) is 3. The zero-order valence-electron chi connectivity index (χ0n) is 16.9. The molecule has 0 unspecified atom stereocenters. The van der Waals surface area contributed by atoms with Crippen LogP contribution in [0.5, 0.6) is 5.75 Å². The van der Waals surface area contributed by atoms with Crippen LogP contribution >= 0.6 is 12.2 Å². The molecule has 0 spiro atoms. The number of aromatic nitrogens is 1. The molecule has 3 rings (SSSR count). The predicted molar refractivity (Wildman–Crippen MR) is 122 cm³/mol. The number of methoxy groups -OCH3 is 1. The first-order valence-electron chi connectivity index (χ1n) is 9.87. The molecule has 0 fully saturated rings. The Bertz CT molecular complexity index is 1020. The molecule has 0 aliphatic carbocycles. The van der Waals surface area contributed by atoms with Crippen molar-refractivity contribution in [2.75, 3.05) is 13.7 Å². The van der Waals surface area contributed by atoms with Crippen LogP contribution in [-0.4, -0.2) is 28.7 Å². The topological polar surface area (TPSA) is 57.4 Å². The Morgan fingerprint density at radius 1 is 1.14 bits per heavy atom. The molecule has 1 heterocycles. The van der Waals surface area contributed by atoms with Crippen molar-refractivity contribution >= 4 is 28.2 Å². The van der Waals surface area contributed by atoms with Crippen molar-refractivity contribution < 1.29 is 4.74 Å². The van der Waals surface area contributed by atoms with Crippen molar-refractivity contribution in [1.82, 2.24) is 15.2 Å². The maximum absolute atomic E-state index is 12.7. The van der Waals surface area contributed by atoms with Gasteiger partial charge in [0.15, 0.2) is 5.11 Å². The number of H-pyrrole nitrogens is 1. The first kappa shape index (κ1) is 20.9. The number of nitrogens with zero attached hydrogens (tertiary/aromatic N) is 1. The van der Waals surface area contributed by atoms with Crippen molar-refractivity contribution in [1.29, 1.82) is 0 Å². The third-order valence-electron chi connectivity index (χ3n) is 4.80. The monoisotopic (exact) mass is 409 g/mol. The molecule has 2 N–H and O–H groups in total. The number of thiocarbonyl (C=S) groups is 1. The molecule has 0 amide bonds. The molecule has 0 atom stereocenters. The summed E-state index contributed by atoms with van der Waals surface area (Å²) in [5, 5.41) is 4.92. The van der Waals surface area contributed by atoms with Gasteiger partial charge in [-0.1, -0.05) is 43.7 Å². The van der Waals surface area contributed by atoms with Crippen molar-refractivity contribution in [3.63, 3.8) is 0 Å². The molecule has 1 aromatic heterocycles. The van der Waals surface area contributed by atoms with Gasteiger partial charge in [0.05, 0.1) is 13.7 Å². The molecule has 0 saturated heterocycles. The van der Waals surface area contributed by atoms with Gasteiger partial charge in [-0.2, -0.15) is 0 Å². The summed E-state index contributed by atoms with van der Waals surface area (Å²) in [5.74, 6) is 0.758. The van der Waals surface area contributed by atoms with Gasteiger partial charge >= 0.3 is 0 Å². The summed E-state index contributed by atoms with van der Waals surface area (Å²) in [6.45, 7) is 4.03. The highest BCUT2D eigenvalue weighted by molar-refractivity contribution is 7.80. The molecule has 6 heteroatoms. The Kier molecular flexibility index (Phi) is 7.25. The number of hydrogen-bond donors (Lipinski definition) is 2. The lowest BCUT2D eigenvalue weighted by Gasteiger charge is -2.26. The van der Waals surface area contributed by atoms with Crippen LogP contribution in [0.4, 0.5) is 0 Å². The summed E-state index contributed by atoms with van der Waals surface area (Å²) < 4.78 is 5.31. The molecule has 5 nitrogen and oxygen atoms in total. The van der Waals surface area contributed by atoms with E-state index in [1.54, 1.807) is 7.11 Å². The second-order valence-electron chi connectivity index (χ2n) is 7.00. The van der Waals surface area contributed by atoms with Crippen LogP contribution in [-0.2, 0) is 13.1 Å². The highest BCUT2D eigenvalue weighted by Gasteiger charge is 2.14. The summed E-state index contributed by atoms with van der Waals surface area (Å²) in [7, 11) is 1.63. The number of rotatable bonds is 8. The molecule has 3 aromatic rings. The Balaban J connectivity index is 1.88. The second kappa shape index (κ2) is 10.1. The number of unbranched alkanes of at least 4 members (excludes halogenated alkanes) is 1. The number of benzene rings is 2. The van der Waals surface area contributed by atoms with Crippen LogP contribution in [0.15, 0.2) is 59.4 Å². The molecule has 152 valence electrons.